The zero-order valence-corrected chi connectivity index (χ0v) is 8.46. The number of aliphatic hydroxyl groups excluding tert-OH is 1. The van der Waals surface area contributed by atoms with Crippen molar-refractivity contribution in [2.24, 2.45) is 5.16 Å². The Morgan fingerprint density at radius 1 is 1.40 bits per heavy atom. The number of oxime groups is 1. The zero-order valence-electron chi connectivity index (χ0n) is 8.46. The molecule has 4 nitrogen and oxygen atoms in total. The Labute approximate surface area is 88.1 Å². The lowest BCUT2D eigenvalue weighted by Gasteiger charge is -2.13. The molecule has 0 aromatic heterocycles. The summed E-state index contributed by atoms with van der Waals surface area (Å²) in [5.41, 5.74) is 1.55. The Bertz CT molecular complexity index is 350. The van der Waals surface area contributed by atoms with Crippen LogP contribution in [-0.4, -0.2) is 29.8 Å². The van der Waals surface area contributed by atoms with Crippen molar-refractivity contribution in [1.82, 2.24) is 0 Å². The van der Waals surface area contributed by atoms with Crippen LogP contribution in [0.15, 0.2) is 35.5 Å². The molecule has 2 rings (SSSR count). The first-order valence-corrected chi connectivity index (χ1v) is 4.91. The van der Waals surface area contributed by atoms with Gasteiger partial charge in [-0.25, -0.2) is 0 Å². The van der Waals surface area contributed by atoms with Crippen molar-refractivity contribution in [2.45, 2.75) is 19.3 Å². The molecule has 1 aromatic rings. The van der Waals surface area contributed by atoms with E-state index in [1.54, 1.807) is 0 Å². The molecule has 0 fully saturated rings. The molecule has 80 valence electrons. The summed E-state index contributed by atoms with van der Waals surface area (Å²) >= 11 is 0. The lowest BCUT2D eigenvalue weighted by atomic mass is 10.1. The molecule has 0 spiro atoms. The molecule has 1 aliphatic rings. The van der Waals surface area contributed by atoms with Gasteiger partial charge < -0.3 is 14.7 Å². The topological polar surface area (TPSA) is 51.0 Å². The summed E-state index contributed by atoms with van der Waals surface area (Å²) in [6.45, 7) is 2.38. The summed E-state index contributed by atoms with van der Waals surface area (Å²) in [4.78, 5) is 4.80. The van der Waals surface area contributed by atoms with Crippen LogP contribution in [0.4, 0.5) is 0 Å². The smallest absolute Gasteiger partial charge is 0.256 e. The minimum atomic E-state index is -1.000. The molecule has 0 amide bonds. The minimum Gasteiger partial charge on any atom is -0.365 e. The molecule has 0 unspecified atom stereocenters. The first-order valence-electron chi connectivity index (χ1n) is 4.91. The fourth-order valence-corrected chi connectivity index (χ4v) is 1.52. The largest absolute Gasteiger partial charge is 0.365 e. The van der Waals surface area contributed by atoms with Crippen LogP contribution in [0.2, 0.25) is 0 Å². The van der Waals surface area contributed by atoms with E-state index >= 15 is 0 Å². The molecule has 0 aliphatic carbocycles. The third-order valence-electron chi connectivity index (χ3n) is 2.20. The Morgan fingerprint density at radius 2 is 2.13 bits per heavy atom. The van der Waals surface area contributed by atoms with E-state index in [0.29, 0.717) is 12.3 Å². The number of ether oxygens (including phenoxy) is 1. The van der Waals surface area contributed by atoms with E-state index in [9.17, 15) is 5.11 Å². The van der Waals surface area contributed by atoms with E-state index < -0.39 is 12.4 Å². The van der Waals surface area contributed by atoms with Crippen LogP contribution < -0.4 is 0 Å². The first kappa shape index (κ1) is 10.1. The molecule has 4 heteroatoms. The van der Waals surface area contributed by atoms with Gasteiger partial charge in [-0.15, -0.1) is 0 Å². The van der Waals surface area contributed by atoms with Gasteiger partial charge in [0.25, 0.3) is 6.29 Å². The van der Waals surface area contributed by atoms with E-state index in [1.807, 2.05) is 37.3 Å². The van der Waals surface area contributed by atoms with Crippen molar-refractivity contribution in [3.05, 3.63) is 35.9 Å². The normalized spacial score (nSPS) is 24.8. The van der Waals surface area contributed by atoms with E-state index in [0.717, 1.165) is 5.56 Å². The lowest BCUT2D eigenvalue weighted by Crippen LogP contribution is -2.32. The van der Waals surface area contributed by atoms with E-state index in [4.69, 9.17) is 9.57 Å². The number of nitrogens with zero attached hydrogens (tertiary/aromatic N) is 1. The summed E-state index contributed by atoms with van der Waals surface area (Å²) in [6.07, 6.45) is -1.49. The summed E-state index contributed by atoms with van der Waals surface area (Å²) in [7, 11) is 0. The summed E-state index contributed by atoms with van der Waals surface area (Å²) < 4.78 is 5.38. The standard InChI is InChI=1S/C11H13NO3/c1-2-14-10-9(12-15-11(10)13)8-6-4-3-5-7-8/h3-7,10-11,13H,2H2,1H3/t10-,11-/m0/s1. The van der Waals surface area contributed by atoms with Crippen molar-refractivity contribution < 1.29 is 14.7 Å². The van der Waals surface area contributed by atoms with Crippen molar-refractivity contribution in [1.29, 1.82) is 0 Å². The Kier molecular flexibility index (Phi) is 2.99. The Balaban J connectivity index is 2.22. The van der Waals surface area contributed by atoms with Crippen LogP contribution in [0, 0.1) is 0 Å². The van der Waals surface area contributed by atoms with Crippen LogP contribution >= 0.6 is 0 Å². The van der Waals surface area contributed by atoms with Gasteiger partial charge in [-0.05, 0) is 6.92 Å². The van der Waals surface area contributed by atoms with Crippen LogP contribution in [0.25, 0.3) is 0 Å². The molecule has 0 bridgehead atoms. The van der Waals surface area contributed by atoms with Crippen molar-refractivity contribution in [3.63, 3.8) is 0 Å². The average Bonchev–Trinajstić information content (AvgIpc) is 2.63. The molecule has 1 aromatic carbocycles. The van der Waals surface area contributed by atoms with E-state index in [-0.39, 0.29) is 0 Å². The monoisotopic (exact) mass is 207 g/mol. The minimum absolute atomic E-state index is 0.489. The number of hydrogen-bond acceptors (Lipinski definition) is 4. The molecule has 1 aliphatic heterocycles. The Morgan fingerprint density at radius 3 is 2.80 bits per heavy atom. The molecule has 0 radical (unpaired) electrons. The van der Waals surface area contributed by atoms with E-state index in [1.165, 1.54) is 0 Å². The highest BCUT2D eigenvalue weighted by Gasteiger charge is 2.33. The van der Waals surface area contributed by atoms with Crippen LogP contribution in [0.1, 0.15) is 12.5 Å². The molecule has 2 atom stereocenters. The number of rotatable bonds is 3. The maximum absolute atomic E-state index is 9.49. The quantitative estimate of drug-likeness (QED) is 0.808. The van der Waals surface area contributed by atoms with Crippen LogP contribution in [-0.2, 0) is 9.57 Å². The van der Waals surface area contributed by atoms with Gasteiger partial charge in [-0.2, -0.15) is 0 Å². The molecule has 0 saturated carbocycles. The summed E-state index contributed by atoms with van der Waals surface area (Å²) in [5, 5.41) is 13.3. The molecule has 0 saturated heterocycles. The van der Waals surface area contributed by atoms with E-state index in [2.05, 4.69) is 5.16 Å². The fourth-order valence-electron chi connectivity index (χ4n) is 1.52. The molecular weight excluding hydrogens is 194 g/mol. The average molecular weight is 207 g/mol. The predicted octanol–water partition coefficient (Wildman–Crippen LogP) is 1.14. The van der Waals surface area contributed by atoms with Gasteiger partial charge in [0.15, 0.2) is 6.10 Å². The first-order chi connectivity index (χ1) is 7.33. The van der Waals surface area contributed by atoms with Gasteiger partial charge >= 0.3 is 0 Å². The number of benzene rings is 1. The number of hydrogen-bond donors (Lipinski definition) is 1. The lowest BCUT2D eigenvalue weighted by molar-refractivity contribution is -0.136. The summed E-state index contributed by atoms with van der Waals surface area (Å²) in [5.74, 6) is 0. The highest BCUT2D eigenvalue weighted by Crippen LogP contribution is 2.18. The van der Waals surface area contributed by atoms with Crippen LogP contribution in [0.3, 0.4) is 0 Å². The summed E-state index contributed by atoms with van der Waals surface area (Å²) in [6, 6.07) is 9.56. The van der Waals surface area contributed by atoms with Gasteiger partial charge in [-0.3, -0.25) is 0 Å². The second kappa shape index (κ2) is 4.42. The third kappa shape index (κ3) is 2.00. The van der Waals surface area contributed by atoms with Gasteiger partial charge in [-0.1, -0.05) is 35.5 Å². The third-order valence-corrected chi connectivity index (χ3v) is 2.20. The van der Waals surface area contributed by atoms with Crippen molar-refractivity contribution in [2.75, 3.05) is 6.61 Å². The van der Waals surface area contributed by atoms with Gasteiger partial charge in [0.05, 0.1) is 0 Å². The maximum Gasteiger partial charge on any atom is 0.256 e. The second-order valence-corrected chi connectivity index (χ2v) is 3.21. The van der Waals surface area contributed by atoms with Crippen molar-refractivity contribution >= 4 is 5.71 Å². The maximum atomic E-state index is 9.49. The highest BCUT2D eigenvalue weighted by molar-refractivity contribution is 6.04. The molecule has 1 heterocycles. The zero-order chi connectivity index (χ0) is 10.7. The SMILES string of the molecule is CCO[C@H]1C(c2ccccc2)=NO[C@@H]1O. The fraction of sp³-hybridized carbons (Fsp3) is 0.364. The van der Waals surface area contributed by atoms with Crippen LogP contribution in [0.5, 0.6) is 0 Å². The van der Waals surface area contributed by atoms with Gasteiger partial charge in [0.1, 0.15) is 5.71 Å². The molecule has 1 N–H and O–H groups in total. The molecular formula is C11H13NO3. The van der Waals surface area contributed by atoms with Gasteiger partial charge in [0.2, 0.25) is 0 Å². The highest BCUT2D eigenvalue weighted by atomic mass is 16.7. The van der Waals surface area contributed by atoms with Gasteiger partial charge in [0, 0.05) is 12.2 Å². The predicted molar refractivity (Wildman–Crippen MR) is 55.5 cm³/mol. The Hall–Kier alpha value is -1.39. The second-order valence-electron chi connectivity index (χ2n) is 3.21. The molecule has 15 heavy (non-hydrogen) atoms. The van der Waals surface area contributed by atoms with Crippen molar-refractivity contribution in [3.8, 4) is 0 Å². The number of aliphatic hydroxyl groups is 1.